The van der Waals surface area contributed by atoms with Gasteiger partial charge in [-0.25, -0.2) is 4.98 Å². The van der Waals surface area contributed by atoms with Gasteiger partial charge in [0.1, 0.15) is 0 Å². The molecule has 162 valence electrons. The first-order valence-electron chi connectivity index (χ1n) is 10.5. The molecule has 2 atom stereocenters. The lowest BCUT2D eigenvalue weighted by Gasteiger charge is -2.32. The van der Waals surface area contributed by atoms with E-state index < -0.39 is 6.10 Å². The van der Waals surface area contributed by atoms with Crippen LogP contribution in [0.15, 0.2) is 48.5 Å². The minimum absolute atomic E-state index is 0.117. The van der Waals surface area contributed by atoms with Crippen LogP contribution in [0, 0.1) is 11.3 Å². The van der Waals surface area contributed by atoms with Crippen molar-refractivity contribution in [3.63, 3.8) is 0 Å². The first-order valence-corrected chi connectivity index (χ1v) is 12.5. The Bertz CT molecular complexity index is 1020. The second kappa shape index (κ2) is 9.68. The maximum Gasteiger partial charge on any atom is 0.0991 e. The van der Waals surface area contributed by atoms with Crippen molar-refractivity contribution < 1.29 is 5.11 Å². The third-order valence-corrected chi connectivity index (χ3v) is 7.78. The summed E-state index contributed by atoms with van der Waals surface area (Å²) in [6, 6.07) is 18.2. The van der Waals surface area contributed by atoms with Crippen molar-refractivity contribution in [3.05, 3.63) is 64.7 Å². The van der Waals surface area contributed by atoms with Gasteiger partial charge < -0.3 is 10.4 Å². The van der Waals surface area contributed by atoms with Crippen molar-refractivity contribution in [1.82, 2.24) is 15.2 Å². The first kappa shape index (κ1) is 22.3. The maximum absolute atomic E-state index is 10.9. The predicted molar refractivity (Wildman–Crippen MR) is 129 cm³/mol. The normalized spacial score (nSPS) is 18.3. The Labute approximate surface area is 192 Å². The van der Waals surface area contributed by atoms with Crippen molar-refractivity contribution in [2.75, 3.05) is 18.2 Å². The molecule has 4 rings (SSSR count). The highest BCUT2D eigenvalue weighted by molar-refractivity contribution is 7.99. The molecule has 0 unspecified atom stereocenters. The van der Waals surface area contributed by atoms with E-state index in [1.54, 1.807) is 11.3 Å². The number of para-hydroxylation sites is 1. The molecule has 1 aromatic heterocycles. The average molecular weight is 453 g/mol. The van der Waals surface area contributed by atoms with Gasteiger partial charge in [0.2, 0.25) is 0 Å². The highest BCUT2D eigenvalue weighted by Crippen LogP contribution is 2.27. The fourth-order valence-corrected chi connectivity index (χ4v) is 6.37. The minimum atomic E-state index is -0.442. The summed E-state index contributed by atoms with van der Waals surface area (Å²) < 4.78 is 1.22. The second-order valence-electron chi connectivity index (χ2n) is 8.71. The molecule has 3 aromatic rings. The molecule has 1 saturated heterocycles. The Balaban J connectivity index is 1.32. The molecule has 7 heteroatoms. The minimum Gasteiger partial charge on any atom is -0.390 e. The number of nitrogens with zero attached hydrogens (tertiary/aromatic N) is 3. The molecule has 1 aliphatic heterocycles. The summed E-state index contributed by atoms with van der Waals surface area (Å²) in [5.41, 5.74) is 2.75. The van der Waals surface area contributed by atoms with Crippen LogP contribution in [-0.2, 0) is 13.0 Å². The standard InChI is InChI=1S/C24H28N4OS2/c1-24(2,11-23-27-19-5-3-4-6-22(19)31-23)26-13-21(29)20-15-30-16-28(20)14-18-9-7-17(12-25)8-10-18/h3-10,20-21,26,29H,11,13-16H2,1-2H3/t20-,21+/m1/s1. The van der Waals surface area contributed by atoms with Crippen molar-refractivity contribution in [2.24, 2.45) is 0 Å². The second-order valence-corrected chi connectivity index (χ2v) is 10.8. The molecule has 2 heterocycles. The summed E-state index contributed by atoms with van der Waals surface area (Å²) in [4.78, 5) is 7.09. The zero-order chi connectivity index (χ0) is 21.8. The van der Waals surface area contributed by atoms with Crippen LogP contribution < -0.4 is 5.32 Å². The summed E-state index contributed by atoms with van der Waals surface area (Å²) >= 11 is 3.60. The van der Waals surface area contributed by atoms with Gasteiger partial charge in [0.25, 0.3) is 0 Å². The summed E-state index contributed by atoms with van der Waals surface area (Å²) in [5.74, 6) is 1.84. The fraction of sp³-hybridized carbons (Fsp3) is 0.417. The summed E-state index contributed by atoms with van der Waals surface area (Å²) in [7, 11) is 0. The quantitative estimate of drug-likeness (QED) is 0.538. The van der Waals surface area contributed by atoms with Crippen LogP contribution >= 0.6 is 23.1 Å². The summed E-state index contributed by atoms with van der Waals surface area (Å²) in [6.45, 7) is 5.68. The number of aliphatic hydroxyl groups excluding tert-OH is 1. The van der Waals surface area contributed by atoms with Crippen LogP contribution in [0.4, 0.5) is 0 Å². The number of nitrogens with one attached hydrogen (secondary N) is 1. The molecule has 0 bridgehead atoms. The van der Waals surface area contributed by atoms with Crippen LogP contribution in [0.5, 0.6) is 0 Å². The molecule has 5 nitrogen and oxygen atoms in total. The third-order valence-electron chi connectivity index (χ3n) is 5.65. The number of thioether (sulfide) groups is 1. The van der Waals surface area contributed by atoms with Crippen molar-refractivity contribution >= 4 is 33.3 Å². The van der Waals surface area contributed by atoms with Gasteiger partial charge >= 0.3 is 0 Å². The molecule has 2 N–H and O–H groups in total. The fourth-order valence-electron chi connectivity index (χ4n) is 3.88. The van der Waals surface area contributed by atoms with Gasteiger partial charge in [-0.2, -0.15) is 5.26 Å². The number of β-amino-alcohol motifs (C(OH)–C–C–N with tert-alkyl or cyclic N) is 1. The van der Waals surface area contributed by atoms with E-state index in [0.29, 0.717) is 12.1 Å². The van der Waals surface area contributed by atoms with Crippen LogP contribution in [0.1, 0.15) is 30.0 Å². The monoisotopic (exact) mass is 452 g/mol. The van der Waals surface area contributed by atoms with Crippen molar-refractivity contribution in [1.29, 1.82) is 5.26 Å². The van der Waals surface area contributed by atoms with Gasteiger partial charge in [-0.05, 0) is 43.7 Å². The lowest BCUT2D eigenvalue weighted by Crippen LogP contribution is -2.50. The lowest BCUT2D eigenvalue weighted by atomic mass is 10.00. The topological polar surface area (TPSA) is 72.2 Å². The SMILES string of the molecule is CC(C)(Cc1nc2ccccc2s1)NC[C@H](O)[C@H]1CSCN1Cc1ccc(C#N)cc1. The summed E-state index contributed by atoms with van der Waals surface area (Å²) in [6.07, 6.45) is 0.385. The number of rotatable bonds is 8. The van der Waals surface area contributed by atoms with E-state index >= 15 is 0 Å². The molecule has 1 aliphatic rings. The number of benzene rings is 2. The Morgan fingerprint density at radius 3 is 2.77 bits per heavy atom. The smallest absolute Gasteiger partial charge is 0.0991 e. The highest BCUT2D eigenvalue weighted by Gasteiger charge is 2.32. The van der Waals surface area contributed by atoms with Gasteiger partial charge in [-0.1, -0.05) is 24.3 Å². The third kappa shape index (κ3) is 5.65. The molecule has 0 amide bonds. The van der Waals surface area contributed by atoms with E-state index in [4.69, 9.17) is 10.2 Å². The largest absolute Gasteiger partial charge is 0.390 e. The number of fused-ring (bicyclic) bond motifs is 1. The average Bonchev–Trinajstić information content (AvgIpc) is 3.38. The molecular formula is C24H28N4OS2. The van der Waals surface area contributed by atoms with E-state index in [1.165, 1.54) is 10.3 Å². The van der Waals surface area contributed by atoms with E-state index in [9.17, 15) is 5.11 Å². The number of hydrogen-bond donors (Lipinski definition) is 2. The molecule has 1 fully saturated rings. The van der Waals surface area contributed by atoms with Gasteiger partial charge in [-0.3, -0.25) is 4.90 Å². The number of thiazole rings is 1. The number of hydrogen-bond acceptors (Lipinski definition) is 7. The van der Waals surface area contributed by atoms with Crippen LogP contribution in [-0.4, -0.2) is 50.8 Å². The maximum atomic E-state index is 10.9. The zero-order valence-electron chi connectivity index (χ0n) is 17.9. The molecule has 0 aliphatic carbocycles. The first-order chi connectivity index (χ1) is 14.9. The summed E-state index contributed by atoms with van der Waals surface area (Å²) in [5, 5.41) is 24.6. The van der Waals surface area contributed by atoms with E-state index in [-0.39, 0.29) is 11.6 Å². The van der Waals surface area contributed by atoms with Crippen LogP contribution in [0.3, 0.4) is 0 Å². The predicted octanol–water partition coefficient (Wildman–Crippen LogP) is 4.01. The van der Waals surface area contributed by atoms with Crippen molar-refractivity contribution in [3.8, 4) is 6.07 Å². The Kier molecular flexibility index (Phi) is 6.95. The Hall–Kier alpha value is -1.95. The lowest BCUT2D eigenvalue weighted by molar-refractivity contribution is 0.0684. The van der Waals surface area contributed by atoms with Crippen molar-refractivity contribution in [2.45, 2.75) is 44.5 Å². The van der Waals surface area contributed by atoms with Crippen LogP contribution in [0.25, 0.3) is 10.2 Å². The zero-order valence-corrected chi connectivity index (χ0v) is 19.5. The molecule has 0 saturated carbocycles. The van der Waals surface area contributed by atoms with Gasteiger partial charge in [0, 0.05) is 42.7 Å². The molecule has 0 spiro atoms. The van der Waals surface area contributed by atoms with Crippen LogP contribution in [0.2, 0.25) is 0 Å². The van der Waals surface area contributed by atoms with E-state index in [1.807, 2.05) is 48.2 Å². The van der Waals surface area contributed by atoms with Gasteiger partial charge in [0.15, 0.2) is 0 Å². The Morgan fingerprint density at radius 2 is 2.03 bits per heavy atom. The molecule has 2 aromatic carbocycles. The molecule has 0 radical (unpaired) electrons. The van der Waals surface area contributed by atoms with E-state index in [2.05, 4.69) is 42.3 Å². The van der Waals surface area contributed by atoms with E-state index in [0.717, 1.165) is 35.1 Å². The number of aromatic nitrogens is 1. The molecule has 31 heavy (non-hydrogen) atoms. The Morgan fingerprint density at radius 1 is 1.26 bits per heavy atom. The molecular weight excluding hydrogens is 424 g/mol. The number of nitriles is 1. The van der Waals surface area contributed by atoms with Gasteiger partial charge in [-0.15, -0.1) is 23.1 Å². The number of aliphatic hydroxyl groups is 1. The highest BCUT2D eigenvalue weighted by atomic mass is 32.2. The van der Waals surface area contributed by atoms with Gasteiger partial charge in [0.05, 0.1) is 33.0 Å².